The Hall–Kier alpha value is -5.74. The number of unbranched alkanes of at least 4 members (excludes halogenated alkanes) is 2. The predicted octanol–water partition coefficient (Wildman–Crippen LogP) is 5.50. The van der Waals surface area contributed by atoms with Crippen molar-refractivity contribution in [3.63, 3.8) is 0 Å². The summed E-state index contributed by atoms with van der Waals surface area (Å²) in [5, 5.41) is 41.1. The van der Waals surface area contributed by atoms with Crippen molar-refractivity contribution in [1.82, 2.24) is 25.8 Å². The number of hydrogen-bond donors (Lipinski definition) is 5. The number of carbonyl (C=O) groups is 4. The summed E-state index contributed by atoms with van der Waals surface area (Å²) in [5.74, 6) is -0.954. The summed E-state index contributed by atoms with van der Waals surface area (Å²) in [7, 11) is 0. The first kappa shape index (κ1) is 48.3. The molecule has 0 bridgehead atoms. The van der Waals surface area contributed by atoms with Crippen molar-refractivity contribution in [3.05, 3.63) is 88.2 Å². The lowest BCUT2D eigenvalue weighted by Gasteiger charge is -2.63. The highest BCUT2D eigenvalue weighted by Gasteiger charge is 2.64. The van der Waals surface area contributed by atoms with E-state index >= 15 is 0 Å². The predicted molar refractivity (Wildman–Crippen MR) is 237 cm³/mol. The van der Waals surface area contributed by atoms with Gasteiger partial charge in [-0.1, -0.05) is 66.1 Å². The molecule has 3 aromatic rings. The monoisotopic (exact) mass is 882 g/mol. The Labute approximate surface area is 374 Å². The van der Waals surface area contributed by atoms with Crippen LogP contribution in [0, 0.1) is 38.9 Å². The van der Waals surface area contributed by atoms with Crippen LogP contribution in [0.1, 0.15) is 101 Å². The van der Waals surface area contributed by atoms with Crippen LogP contribution in [0.4, 0.5) is 5.69 Å². The Kier molecular flexibility index (Phi) is 15.8. The van der Waals surface area contributed by atoms with E-state index in [-0.39, 0.29) is 60.7 Å². The van der Waals surface area contributed by atoms with Gasteiger partial charge < -0.3 is 40.7 Å². The van der Waals surface area contributed by atoms with Gasteiger partial charge in [0.2, 0.25) is 17.7 Å². The lowest BCUT2D eigenvalue weighted by molar-refractivity contribution is -0.164. The molecule has 5 N–H and O–H groups in total. The number of amides is 4. The fraction of sp³-hybridized carbons (Fsp3) is 0.511. The van der Waals surface area contributed by atoms with Gasteiger partial charge in [0.15, 0.2) is 0 Å². The maximum absolute atomic E-state index is 13.8. The highest BCUT2D eigenvalue weighted by atomic mass is 35.5. The van der Waals surface area contributed by atoms with Crippen molar-refractivity contribution in [2.75, 3.05) is 31.6 Å². The van der Waals surface area contributed by atoms with E-state index in [9.17, 15) is 29.5 Å². The van der Waals surface area contributed by atoms with Crippen LogP contribution in [0.3, 0.4) is 0 Å². The highest BCUT2D eigenvalue weighted by molar-refractivity contribution is 6.31. The zero-order chi connectivity index (χ0) is 46.1. The molecule has 336 valence electrons. The Bertz CT molecular complexity index is 2180. The van der Waals surface area contributed by atoms with Crippen molar-refractivity contribution >= 4 is 40.9 Å². The number of aromatic nitrogens is 1. The molecular weight excluding hydrogens is 824 g/mol. The van der Waals surface area contributed by atoms with Gasteiger partial charge in [0.05, 0.1) is 16.7 Å². The molecule has 2 aromatic carbocycles. The fourth-order valence-electron chi connectivity index (χ4n) is 8.68. The zero-order valence-electron chi connectivity index (χ0n) is 37.1. The van der Waals surface area contributed by atoms with Crippen molar-refractivity contribution in [3.8, 4) is 17.9 Å². The SMILES string of the molecule is CC1(C)C(NC(=O)c2ccc(NCCCCCOCC(=O)N[C@H](C(=O)N3C[C@H](O)C[C@H]3C(=O)NCc3ccc(C#N)nc3)C(C)(C)C)cc2)C(C)(C)C1Oc1ccc(C#N)c(Cl)c1. The number of ether oxygens (including phenoxy) is 2. The summed E-state index contributed by atoms with van der Waals surface area (Å²) in [5.41, 5.74) is 1.29. The Balaban J connectivity index is 0.991. The maximum atomic E-state index is 13.8. The van der Waals surface area contributed by atoms with E-state index in [0.29, 0.717) is 40.6 Å². The van der Waals surface area contributed by atoms with Gasteiger partial charge in [-0.3, -0.25) is 19.2 Å². The van der Waals surface area contributed by atoms with E-state index in [2.05, 4.69) is 60.0 Å². The van der Waals surface area contributed by atoms with Crippen LogP contribution in [-0.4, -0.2) is 95.3 Å². The van der Waals surface area contributed by atoms with Crippen LogP contribution in [-0.2, 0) is 25.7 Å². The molecule has 1 aliphatic heterocycles. The molecule has 1 aliphatic carbocycles. The van der Waals surface area contributed by atoms with Gasteiger partial charge in [0, 0.05) is 73.0 Å². The number of anilines is 1. The lowest BCUT2D eigenvalue weighted by Crippen LogP contribution is -2.74. The minimum Gasteiger partial charge on any atom is -0.489 e. The number of carbonyl (C=O) groups excluding carboxylic acids is 4. The van der Waals surface area contributed by atoms with E-state index in [1.54, 1.807) is 42.5 Å². The molecule has 2 aliphatic rings. The van der Waals surface area contributed by atoms with Crippen molar-refractivity contribution in [1.29, 1.82) is 10.5 Å². The van der Waals surface area contributed by atoms with Gasteiger partial charge in [-0.2, -0.15) is 10.5 Å². The van der Waals surface area contributed by atoms with E-state index in [1.807, 2.05) is 39.0 Å². The van der Waals surface area contributed by atoms with E-state index in [4.69, 9.17) is 26.3 Å². The van der Waals surface area contributed by atoms with Gasteiger partial charge >= 0.3 is 0 Å². The first-order valence-electron chi connectivity index (χ1n) is 21.3. The van der Waals surface area contributed by atoms with Gasteiger partial charge in [0.25, 0.3) is 5.91 Å². The lowest BCUT2D eigenvalue weighted by atomic mass is 9.49. The number of nitriles is 2. The third-order valence-electron chi connectivity index (χ3n) is 11.8. The number of halogens is 1. The van der Waals surface area contributed by atoms with Crippen LogP contribution in [0.5, 0.6) is 5.75 Å². The molecule has 0 unspecified atom stereocenters. The molecule has 2 heterocycles. The van der Waals surface area contributed by atoms with E-state index < -0.39 is 41.3 Å². The van der Waals surface area contributed by atoms with Gasteiger partial charge in [-0.25, -0.2) is 4.98 Å². The molecule has 5 rings (SSSR count). The molecule has 63 heavy (non-hydrogen) atoms. The van der Waals surface area contributed by atoms with Gasteiger partial charge in [-0.05, 0) is 72.7 Å². The summed E-state index contributed by atoms with van der Waals surface area (Å²) in [4.78, 5) is 58.7. The smallest absolute Gasteiger partial charge is 0.251 e. The zero-order valence-corrected chi connectivity index (χ0v) is 37.8. The molecule has 2 fully saturated rings. The molecular formula is C47H59ClN8O7. The number of aliphatic hydroxyl groups is 1. The molecule has 4 amide bonds. The topological polar surface area (TPSA) is 219 Å². The highest BCUT2D eigenvalue weighted by Crippen LogP contribution is 2.55. The number of hydrogen-bond acceptors (Lipinski definition) is 11. The van der Waals surface area contributed by atoms with Crippen LogP contribution in [0.25, 0.3) is 0 Å². The minimum atomic E-state index is -0.968. The summed E-state index contributed by atoms with van der Waals surface area (Å²) in [6.45, 7) is 14.6. The summed E-state index contributed by atoms with van der Waals surface area (Å²) in [6, 6.07) is 17.5. The number of rotatable bonds is 18. The van der Waals surface area contributed by atoms with Crippen molar-refractivity contribution < 1.29 is 33.8 Å². The Morgan fingerprint density at radius 3 is 2.32 bits per heavy atom. The summed E-state index contributed by atoms with van der Waals surface area (Å²) < 4.78 is 12.0. The Morgan fingerprint density at radius 1 is 0.984 bits per heavy atom. The second kappa shape index (κ2) is 20.6. The average Bonchev–Trinajstić information content (AvgIpc) is 3.65. The third-order valence-corrected chi connectivity index (χ3v) is 12.1. The largest absolute Gasteiger partial charge is 0.489 e. The van der Waals surface area contributed by atoms with Crippen LogP contribution < -0.4 is 26.0 Å². The standard InChI is InChI=1S/C47H59ClN8O7/c1-45(2,3)39(42(61)56-27-34(57)21-37(56)41(60)53-26-29-11-15-33(24-50)52-25-29)54-38(58)28-62-20-10-8-9-19-51-32-16-12-30(13-17-32)40(59)55-43-46(4,5)44(47(43,6)7)63-35-18-14-31(23-49)36(48)22-35/h11-18,22,25,34,37,39,43-44,51,57H,8-10,19-21,26-28H2,1-7H3,(H,53,60)(H,54,58)(H,55,59)/t34-,37+,39-,43?,44?/m1/s1. The van der Waals surface area contributed by atoms with Crippen molar-refractivity contribution in [2.45, 2.75) is 111 Å². The maximum Gasteiger partial charge on any atom is 0.251 e. The number of likely N-dealkylation sites (tertiary alicyclic amines) is 1. The quantitative estimate of drug-likeness (QED) is 0.101. The number of pyridine rings is 1. The van der Waals surface area contributed by atoms with Crippen molar-refractivity contribution in [2.24, 2.45) is 16.2 Å². The Morgan fingerprint density at radius 2 is 1.70 bits per heavy atom. The molecule has 16 heteroatoms. The molecule has 1 saturated carbocycles. The fourth-order valence-corrected chi connectivity index (χ4v) is 8.89. The average molecular weight is 883 g/mol. The number of benzene rings is 2. The normalized spacial score (nSPS) is 20.3. The van der Waals surface area contributed by atoms with Crippen LogP contribution in [0.2, 0.25) is 5.02 Å². The molecule has 0 spiro atoms. The summed E-state index contributed by atoms with van der Waals surface area (Å²) in [6.07, 6.45) is 2.87. The number of aliphatic hydroxyl groups excluding tert-OH is 1. The van der Waals surface area contributed by atoms with Gasteiger partial charge in [-0.15, -0.1) is 0 Å². The number of nitrogens with one attached hydrogen (secondary N) is 4. The third kappa shape index (κ3) is 12.0. The minimum absolute atomic E-state index is 0.0401. The van der Waals surface area contributed by atoms with E-state index in [0.717, 1.165) is 24.9 Å². The molecule has 3 atom stereocenters. The molecule has 1 saturated heterocycles. The summed E-state index contributed by atoms with van der Waals surface area (Å²) >= 11 is 6.23. The molecule has 15 nitrogen and oxygen atoms in total. The number of nitrogens with zero attached hydrogens (tertiary/aromatic N) is 4. The first-order valence-corrected chi connectivity index (χ1v) is 21.6. The van der Waals surface area contributed by atoms with Gasteiger partial charge in [0.1, 0.15) is 48.4 Å². The number of β-amino-alcohol motifs (C(OH)–C–C–N with tert-alkyl or cyclic N) is 1. The molecule has 0 radical (unpaired) electrons. The van der Waals surface area contributed by atoms with E-state index in [1.165, 1.54) is 11.1 Å². The van der Waals surface area contributed by atoms with Crippen LogP contribution >= 0.6 is 11.6 Å². The second-order valence-corrected chi connectivity index (χ2v) is 19.0. The second-order valence-electron chi connectivity index (χ2n) is 18.6. The molecule has 1 aromatic heterocycles. The van der Waals surface area contributed by atoms with Crippen LogP contribution in [0.15, 0.2) is 60.8 Å². The first-order chi connectivity index (χ1) is 29.8.